The summed E-state index contributed by atoms with van der Waals surface area (Å²) in [7, 11) is 0. The molecule has 1 aliphatic rings. The first-order valence-corrected chi connectivity index (χ1v) is 9.13. The molecule has 26 heavy (non-hydrogen) atoms. The van der Waals surface area contributed by atoms with E-state index >= 15 is 0 Å². The zero-order valence-electron chi connectivity index (χ0n) is 14.7. The third-order valence-electron chi connectivity index (χ3n) is 5.03. The molecule has 1 heterocycles. The van der Waals surface area contributed by atoms with Gasteiger partial charge in [0.05, 0.1) is 32.4 Å². The van der Waals surface area contributed by atoms with E-state index < -0.39 is 0 Å². The van der Waals surface area contributed by atoms with Gasteiger partial charge in [0.15, 0.2) is 0 Å². The van der Waals surface area contributed by atoms with Crippen molar-refractivity contribution < 1.29 is 9.29 Å². The van der Waals surface area contributed by atoms with Crippen LogP contribution >= 0.6 is 0 Å². The number of hydrogen-bond donors (Lipinski definition) is 1. The Kier molecular flexibility index (Phi) is 4.93. The van der Waals surface area contributed by atoms with E-state index in [2.05, 4.69) is 47.6 Å². The van der Waals surface area contributed by atoms with E-state index in [0.717, 1.165) is 32.7 Å². The second-order valence-electron chi connectivity index (χ2n) is 6.78. The maximum atomic E-state index is 13.7. The molecule has 0 spiro atoms. The third kappa shape index (κ3) is 3.75. The molecule has 4 rings (SSSR count). The fourth-order valence-corrected chi connectivity index (χ4v) is 3.54. The Hall–Kier alpha value is -2.72. The first-order valence-electron chi connectivity index (χ1n) is 9.13. The summed E-state index contributed by atoms with van der Waals surface area (Å²) in [6.07, 6.45) is 1.63. The highest BCUT2D eigenvalue weighted by Crippen LogP contribution is 2.17. The Balaban J connectivity index is 1.37. The van der Waals surface area contributed by atoms with Crippen molar-refractivity contribution in [1.82, 2.24) is 5.01 Å². The van der Waals surface area contributed by atoms with Crippen LogP contribution in [0.5, 0.6) is 0 Å². The van der Waals surface area contributed by atoms with Crippen LogP contribution in [-0.2, 0) is 6.54 Å². The summed E-state index contributed by atoms with van der Waals surface area (Å²) >= 11 is 0. The molecule has 3 aromatic rings. The molecule has 1 saturated heterocycles. The molecule has 3 nitrogen and oxygen atoms in total. The first-order chi connectivity index (χ1) is 12.8. The topological polar surface area (TPSA) is 20.0 Å². The molecule has 0 radical (unpaired) electrons. The molecule has 132 valence electrons. The monoisotopic (exact) mass is 348 g/mol. The lowest BCUT2D eigenvalue weighted by Crippen LogP contribution is -3.13. The molecule has 0 aliphatic carbocycles. The average Bonchev–Trinajstić information content (AvgIpc) is 2.69. The van der Waals surface area contributed by atoms with Gasteiger partial charge in [-0.3, -0.25) is 5.01 Å². The summed E-state index contributed by atoms with van der Waals surface area (Å²) in [5, 5.41) is 9.15. The van der Waals surface area contributed by atoms with Gasteiger partial charge in [-0.25, -0.2) is 4.39 Å². The highest BCUT2D eigenvalue weighted by molar-refractivity contribution is 5.85. The lowest BCUT2D eigenvalue weighted by molar-refractivity contribution is -0.918. The van der Waals surface area contributed by atoms with Gasteiger partial charge in [0.1, 0.15) is 12.4 Å². The number of rotatable bonds is 4. The maximum Gasteiger partial charge on any atom is 0.132 e. The summed E-state index contributed by atoms with van der Waals surface area (Å²) < 4.78 is 13.7. The Morgan fingerprint density at radius 2 is 1.65 bits per heavy atom. The molecule has 4 heteroatoms. The smallest absolute Gasteiger partial charge is 0.132 e. The number of piperazine rings is 1. The van der Waals surface area contributed by atoms with Crippen LogP contribution in [0, 0.1) is 5.82 Å². The number of benzene rings is 3. The van der Waals surface area contributed by atoms with E-state index in [1.807, 2.05) is 11.1 Å². The second kappa shape index (κ2) is 7.67. The van der Waals surface area contributed by atoms with Crippen molar-refractivity contribution in [2.75, 3.05) is 26.2 Å². The van der Waals surface area contributed by atoms with Gasteiger partial charge in [-0.15, -0.1) is 0 Å². The van der Waals surface area contributed by atoms with E-state index in [1.54, 1.807) is 23.2 Å². The molecule has 1 aliphatic heterocycles. The zero-order chi connectivity index (χ0) is 17.8. The Morgan fingerprint density at radius 1 is 0.923 bits per heavy atom. The van der Waals surface area contributed by atoms with Gasteiger partial charge in [-0.2, -0.15) is 5.10 Å². The lowest BCUT2D eigenvalue weighted by Gasteiger charge is -2.30. The van der Waals surface area contributed by atoms with Crippen LogP contribution in [0.15, 0.2) is 71.8 Å². The van der Waals surface area contributed by atoms with Crippen LogP contribution in [0.2, 0.25) is 0 Å². The molecule has 3 aromatic carbocycles. The number of nitrogens with one attached hydrogen (secondary N) is 1. The first kappa shape index (κ1) is 16.7. The number of halogens is 1. The van der Waals surface area contributed by atoms with Crippen LogP contribution in [0.4, 0.5) is 4.39 Å². The van der Waals surface area contributed by atoms with Crippen molar-refractivity contribution in [2.24, 2.45) is 5.10 Å². The van der Waals surface area contributed by atoms with E-state index in [4.69, 9.17) is 0 Å². The van der Waals surface area contributed by atoms with Gasteiger partial charge in [0.25, 0.3) is 0 Å². The van der Waals surface area contributed by atoms with Crippen LogP contribution < -0.4 is 4.90 Å². The van der Waals surface area contributed by atoms with Crippen LogP contribution in [0.1, 0.15) is 11.1 Å². The second-order valence-corrected chi connectivity index (χ2v) is 6.78. The Bertz CT molecular complexity index is 909. The highest BCUT2D eigenvalue weighted by atomic mass is 19.1. The Morgan fingerprint density at radius 3 is 2.50 bits per heavy atom. The fourth-order valence-electron chi connectivity index (χ4n) is 3.54. The predicted molar refractivity (Wildman–Crippen MR) is 104 cm³/mol. The molecule has 1 fully saturated rings. The van der Waals surface area contributed by atoms with E-state index in [1.165, 1.54) is 22.4 Å². The van der Waals surface area contributed by atoms with Crippen molar-refractivity contribution in [2.45, 2.75) is 6.54 Å². The zero-order valence-corrected chi connectivity index (χ0v) is 14.7. The quantitative estimate of drug-likeness (QED) is 0.719. The molecular weight excluding hydrogens is 325 g/mol. The SMILES string of the molecule is Fc1ccccc1C=NN1CC[NH+](Cc2cccc3ccccc23)CC1. The maximum absolute atomic E-state index is 13.7. The molecule has 0 amide bonds. The number of hydrazone groups is 1. The summed E-state index contributed by atoms with van der Waals surface area (Å²) in [6.45, 7) is 4.90. The van der Waals surface area contributed by atoms with Crippen molar-refractivity contribution >= 4 is 17.0 Å². The molecule has 1 N–H and O–H groups in total. The van der Waals surface area contributed by atoms with Crippen molar-refractivity contribution in [3.05, 3.63) is 83.7 Å². The predicted octanol–water partition coefficient (Wildman–Crippen LogP) is 2.71. The summed E-state index contributed by atoms with van der Waals surface area (Å²) in [6, 6.07) is 21.9. The largest absolute Gasteiger partial charge is 0.328 e. The summed E-state index contributed by atoms with van der Waals surface area (Å²) in [5.74, 6) is -0.225. The van der Waals surface area contributed by atoms with Gasteiger partial charge in [0.2, 0.25) is 0 Å². The Labute approximate surface area is 153 Å². The number of quaternary nitrogens is 1. The van der Waals surface area contributed by atoms with E-state index in [0.29, 0.717) is 5.56 Å². The molecule has 0 unspecified atom stereocenters. The van der Waals surface area contributed by atoms with Crippen molar-refractivity contribution in [3.63, 3.8) is 0 Å². The standard InChI is InChI=1S/C22H22FN3/c23-22-11-4-2-7-19(22)16-24-26-14-12-25(13-15-26)17-20-9-5-8-18-6-1-3-10-21(18)20/h1-11,16H,12-15,17H2/p+1. The average molecular weight is 348 g/mol. The normalized spacial score (nSPS) is 15.8. The van der Waals surface area contributed by atoms with Gasteiger partial charge in [-0.05, 0) is 16.8 Å². The van der Waals surface area contributed by atoms with Crippen LogP contribution in [0.25, 0.3) is 10.8 Å². The fraction of sp³-hybridized carbons (Fsp3) is 0.227. The van der Waals surface area contributed by atoms with E-state index in [9.17, 15) is 4.39 Å². The van der Waals surface area contributed by atoms with Crippen LogP contribution in [0.3, 0.4) is 0 Å². The van der Waals surface area contributed by atoms with E-state index in [-0.39, 0.29) is 5.82 Å². The lowest BCUT2D eigenvalue weighted by atomic mass is 10.0. The van der Waals surface area contributed by atoms with Gasteiger partial charge < -0.3 is 4.90 Å². The molecule has 0 saturated carbocycles. The van der Waals surface area contributed by atoms with Crippen molar-refractivity contribution in [3.8, 4) is 0 Å². The highest BCUT2D eigenvalue weighted by Gasteiger charge is 2.19. The number of hydrogen-bond acceptors (Lipinski definition) is 2. The third-order valence-corrected chi connectivity index (χ3v) is 5.03. The van der Waals surface area contributed by atoms with Gasteiger partial charge >= 0.3 is 0 Å². The minimum atomic E-state index is -0.225. The number of nitrogens with zero attached hydrogens (tertiary/aromatic N) is 2. The van der Waals surface area contributed by atoms with Crippen LogP contribution in [-0.4, -0.2) is 37.4 Å². The molecular formula is C22H23FN3+. The minimum Gasteiger partial charge on any atom is -0.328 e. The molecule has 0 aromatic heterocycles. The number of fused-ring (bicyclic) bond motifs is 1. The van der Waals surface area contributed by atoms with Gasteiger partial charge in [0, 0.05) is 11.1 Å². The molecule has 0 bridgehead atoms. The van der Waals surface area contributed by atoms with Crippen molar-refractivity contribution in [1.29, 1.82) is 0 Å². The minimum absolute atomic E-state index is 0.225. The van der Waals surface area contributed by atoms with Gasteiger partial charge in [-0.1, -0.05) is 60.7 Å². The molecule has 0 atom stereocenters. The summed E-state index contributed by atoms with van der Waals surface area (Å²) in [5.41, 5.74) is 1.94. The summed E-state index contributed by atoms with van der Waals surface area (Å²) in [4.78, 5) is 1.57.